The Morgan fingerprint density at radius 3 is 2.44 bits per heavy atom. The quantitative estimate of drug-likeness (QED) is 0.878. The molecule has 0 spiro atoms. The van der Waals surface area contributed by atoms with Crippen molar-refractivity contribution in [1.82, 2.24) is 4.72 Å². The summed E-state index contributed by atoms with van der Waals surface area (Å²) in [6.07, 6.45) is 0. The van der Waals surface area contributed by atoms with Gasteiger partial charge in [0.25, 0.3) is 0 Å². The predicted molar refractivity (Wildman–Crippen MR) is 69.9 cm³/mol. The first kappa shape index (κ1) is 15.9. The van der Waals surface area contributed by atoms with Gasteiger partial charge in [0.1, 0.15) is 0 Å². The topological polar surface area (TPSA) is 72.2 Å². The van der Waals surface area contributed by atoms with Crippen molar-refractivity contribution in [1.29, 1.82) is 0 Å². The Bertz CT molecular complexity index is 442. The Morgan fingerprint density at radius 2 is 2.06 bits per heavy atom. The molecule has 0 radical (unpaired) electrons. The highest BCUT2D eigenvalue weighted by Crippen LogP contribution is 2.24. The van der Waals surface area contributed by atoms with Gasteiger partial charge in [-0.3, -0.25) is 0 Å². The average molecular weight is 285 g/mol. The van der Waals surface area contributed by atoms with E-state index in [-0.39, 0.29) is 18.4 Å². The van der Waals surface area contributed by atoms with Gasteiger partial charge in [-0.2, -0.15) is 0 Å². The molecule has 16 heavy (non-hydrogen) atoms. The van der Waals surface area contributed by atoms with Crippen LogP contribution in [0.3, 0.4) is 0 Å². The first-order valence-electron chi connectivity index (χ1n) is 4.66. The molecule has 1 aromatic rings. The minimum Gasteiger partial charge on any atom is -0.329 e. The molecule has 94 valence electrons. The molecule has 1 rings (SSSR count). The van der Waals surface area contributed by atoms with Crippen molar-refractivity contribution in [2.45, 2.75) is 31.7 Å². The number of thiophene rings is 1. The van der Waals surface area contributed by atoms with Gasteiger partial charge in [-0.1, -0.05) is 0 Å². The van der Waals surface area contributed by atoms with E-state index in [0.29, 0.717) is 11.4 Å². The number of nitrogens with two attached hydrogens (primary N) is 1. The molecule has 0 aliphatic heterocycles. The van der Waals surface area contributed by atoms with Crippen molar-refractivity contribution in [2.75, 3.05) is 6.54 Å². The molecule has 0 aliphatic carbocycles. The van der Waals surface area contributed by atoms with Crippen LogP contribution in [0.4, 0.5) is 0 Å². The molecule has 7 heteroatoms. The number of halogens is 1. The van der Waals surface area contributed by atoms with Gasteiger partial charge in [0.15, 0.2) is 0 Å². The Hall–Kier alpha value is -0.140. The Labute approximate surface area is 107 Å². The fraction of sp³-hybridized carbons (Fsp3) is 0.556. The lowest BCUT2D eigenvalue weighted by Crippen LogP contribution is -2.37. The highest BCUT2D eigenvalue weighted by atomic mass is 35.5. The van der Waals surface area contributed by atoms with Crippen molar-refractivity contribution in [2.24, 2.45) is 5.73 Å². The van der Waals surface area contributed by atoms with Crippen molar-refractivity contribution in [3.05, 3.63) is 15.8 Å². The molecule has 0 aromatic carbocycles. The average Bonchev–Trinajstić information content (AvgIpc) is 2.45. The van der Waals surface area contributed by atoms with Crippen LogP contribution in [0.2, 0.25) is 0 Å². The van der Waals surface area contributed by atoms with Crippen LogP contribution >= 0.6 is 23.7 Å². The van der Waals surface area contributed by atoms with E-state index in [9.17, 15) is 8.42 Å². The molecular weight excluding hydrogens is 268 g/mol. The molecule has 0 bridgehead atoms. The van der Waals surface area contributed by atoms with Crippen LogP contribution in [-0.2, 0) is 10.0 Å². The maximum atomic E-state index is 11.9. The van der Waals surface area contributed by atoms with Crippen LogP contribution in [0.25, 0.3) is 0 Å². The summed E-state index contributed by atoms with van der Waals surface area (Å²) in [5.74, 6) is 0. The van der Waals surface area contributed by atoms with E-state index < -0.39 is 10.0 Å². The zero-order valence-electron chi connectivity index (χ0n) is 9.48. The van der Waals surface area contributed by atoms with Crippen LogP contribution in [0.15, 0.2) is 11.0 Å². The number of sulfonamides is 1. The van der Waals surface area contributed by atoms with Crippen molar-refractivity contribution in [3.63, 3.8) is 0 Å². The Morgan fingerprint density at radius 1 is 1.50 bits per heavy atom. The van der Waals surface area contributed by atoms with E-state index in [1.165, 1.54) is 11.3 Å². The maximum Gasteiger partial charge on any atom is 0.241 e. The molecule has 4 nitrogen and oxygen atoms in total. The SMILES string of the molecule is Cc1cc(S(=O)(=O)N[C@@H](C)CN)c(C)s1.Cl. The zero-order valence-corrected chi connectivity index (χ0v) is 11.9. The predicted octanol–water partition coefficient (Wildman–Crippen LogP) is 1.41. The summed E-state index contributed by atoms with van der Waals surface area (Å²) in [6.45, 7) is 5.73. The number of aryl methyl sites for hydroxylation is 2. The van der Waals surface area contributed by atoms with Gasteiger partial charge in [-0.15, -0.1) is 23.7 Å². The summed E-state index contributed by atoms with van der Waals surface area (Å²) in [5.41, 5.74) is 5.38. The first-order chi connectivity index (χ1) is 6.86. The summed E-state index contributed by atoms with van der Waals surface area (Å²) >= 11 is 1.48. The van der Waals surface area contributed by atoms with E-state index in [2.05, 4.69) is 4.72 Å². The molecule has 0 saturated carbocycles. The van der Waals surface area contributed by atoms with Crippen molar-refractivity contribution in [3.8, 4) is 0 Å². The summed E-state index contributed by atoms with van der Waals surface area (Å²) in [5, 5.41) is 0. The molecule has 3 N–H and O–H groups in total. The Kier molecular flexibility index (Phi) is 5.92. The lowest BCUT2D eigenvalue weighted by atomic mass is 10.4. The van der Waals surface area contributed by atoms with Gasteiger partial charge < -0.3 is 5.73 Å². The smallest absolute Gasteiger partial charge is 0.241 e. The third-order valence-corrected chi connectivity index (χ3v) is 4.81. The van der Waals surface area contributed by atoms with Crippen molar-refractivity contribution < 1.29 is 8.42 Å². The number of hydrogen-bond donors (Lipinski definition) is 2. The fourth-order valence-corrected chi connectivity index (χ4v) is 4.06. The van der Waals surface area contributed by atoms with Gasteiger partial charge in [-0.25, -0.2) is 13.1 Å². The number of nitrogens with one attached hydrogen (secondary N) is 1. The van der Waals surface area contributed by atoms with E-state index >= 15 is 0 Å². The van der Waals surface area contributed by atoms with Crippen LogP contribution < -0.4 is 10.5 Å². The van der Waals surface area contributed by atoms with E-state index in [1.807, 2.05) is 6.92 Å². The summed E-state index contributed by atoms with van der Waals surface area (Å²) < 4.78 is 26.3. The second kappa shape index (κ2) is 5.97. The van der Waals surface area contributed by atoms with Crippen molar-refractivity contribution >= 4 is 33.8 Å². The monoisotopic (exact) mass is 284 g/mol. The van der Waals surface area contributed by atoms with Gasteiger partial charge in [0.2, 0.25) is 10.0 Å². The molecule has 0 unspecified atom stereocenters. The molecule has 1 atom stereocenters. The lowest BCUT2D eigenvalue weighted by Gasteiger charge is -2.11. The summed E-state index contributed by atoms with van der Waals surface area (Å²) in [7, 11) is -3.40. The normalized spacial score (nSPS) is 13.2. The van der Waals surface area contributed by atoms with Crippen LogP contribution in [-0.4, -0.2) is 21.0 Å². The van der Waals surface area contributed by atoms with Gasteiger partial charge >= 0.3 is 0 Å². The Balaban J connectivity index is 0.00000225. The van der Waals surface area contributed by atoms with Gasteiger partial charge in [0, 0.05) is 22.3 Å². The van der Waals surface area contributed by atoms with E-state index in [4.69, 9.17) is 5.73 Å². The summed E-state index contributed by atoms with van der Waals surface area (Å²) in [4.78, 5) is 2.17. The number of rotatable bonds is 4. The molecule has 0 saturated heterocycles. The molecule has 0 amide bonds. The summed E-state index contributed by atoms with van der Waals surface area (Å²) in [6, 6.07) is 1.44. The molecular formula is C9H17ClN2O2S2. The van der Waals surface area contributed by atoms with Gasteiger partial charge in [0.05, 0.1) is 4.90 Å². The highest BCUT2D eigenvalue weighted by molar-refractivity contribution is 7.89. The minimum absolute atomic E-state index is 0. The van der Waals surface area contributed by atoms with Gasteiger partial charge in [-0.05, 0) is 26.8 Å². The fourth-order valence-electron chi connectivity index (χ4n) is 1.25. The van der Waals surface area contributed by atoms with Crippen LogP contribution in [0.5, 0.6) is 0 Å². The lowest BCUT2D eigenvalue weighted by molar-refractivity contribution is 0.562. The van der Waals surface area contributed by atoms with Crippen LogP contribution in [0.1, 0.15) is 16.7 Å². The second-order valence-electron chi connectivity index (χ2n) is 3.54. The third-order valence-electron chi connectivity index (χ3n) is 1.99. The molecule has 0 aliphatic rings. The highest BCUT2D eigenvalue weighted by Gasteiger charge is 2.20. The largest absolute Gasteiger partial charge is 0.329 e. The van der Waals surface area contributed by atoms with E-state index in [0.717, 1.165) is 9.75 Å². The molecule has 1 heterocycles. The maximum absolute atomic E-state index is 11.9. The molecule has 1 aromatic heterocycles. The minimum atomic E-state index is -3.40. The first-order valence-corrected chi connectivity index (χ1v) is 6.96. The second-order valence-corrected chi connectivity index (χ2v) is 6.68. The van der Waals surface area contributed by atoms with E-state index in [1.54, 1.807) is 19.9 Å². The zero-order chi connectivity index (χ0) is 11.6. The molecule has 0 fully saturated rings. The third kappa shape index (κ3) is 3.71. The number of hydrogen-bond acceptors (Lipinski definition) is 4. The van der Waals surface area contributed by atoms with Crippen LogP contribution in [0, 0.1) is 13.8 Å². The standard InChI is InChI=1S/C9H16N2O2S2.ClH/c1-6(5-10)11-15(12,13)9-4-7(2)14-8(9)3;/h4,6,11H,5,10H2,1-3H3;1H/t6-;/m0./s1.